The zero-order valence-electron chi connectivity index (χ0n) is 22.6. The third-order valence-electron chi connectivity index (χ3n) is 7.96. The van der Waals surface area contributed by atoms with Gasteiger partial charge in [-0.15, -0.1) is 11.3 Å². The highest BCUT2D eigenvalue weighted by Crippen LogP contribution is 2.54. The minimum Gasteiger partial charge on any atom is -0.308 e. The number of allylic oxidation sites excluding steroid dienone is 1. The molecular formula is C36H24N4S. The van der Waals surface area contributed by atoms with Crippen molar-refractivity contribution in [1.29, 1.82) is 5.26 Å². The Kier molecular flexibility index (Phi) is 5.71. The van der Waals surface area contributed by atoms with E-state index in [9.17, 15) is 5.26 Å². The van der Waals surface area contributed by atoms with Crippen LogP contribution in [0.1, 0.15) is 29.9 Å². The van der Waals surface area contributed by atoms with Crippen LogP contribution in [-0.4, -0.2) is 4.98 Å². The van der Waals surface area contributed by atoms with E-state index in [1.54, 1.807) is 17.4 Å². The lowest BCUT2D eigenvalue weighted by molar-refractivity contribution is 0.662. The molecule has 0 bridgehead atoms. The summed E-state index contributed by atoms with van der Waals surface area (Å²) in [6.45, 7) is 11.8. The van der Waals surface area contributed by atoms with Gasteiger partial charge in [-0.25, -0.2) is 10.1 Å². The molecule has 0 amide bonds. The SMILES string of the molecule is [C-]#[N+]/C(C#N)=C\c1cc2c(s1)-c1ccc(N(c3cnc4ccccc4c3)c3cccc4ccccc34)cc1C2(C)C. The first-order valence-electron chi connectivity index (χ1n) is 13.4. The lowest BCUT2D eigenvalue weighted by Crippen LogP contribution is -2.16. The first-order valence-corrected chi connectivity index (χ1v) is 14.2. The molecule has 0 radical (unpaired) electrons. The highest BCUT2D eigenvalue weighted by Gasteiger charge is 2.38. The fourth-order valence-corrected chi connectivity index (χ4v) is 7.21. The summed E-state index contributed by atoms with van der Waals surface area (Å²) in [7, 11) is 0. The molecule has 1 aliphatic carbocycles. The van der Waals surface area contributed by atoms with Crippen LogP contribution >= 0.6 is 11.3 Å². The van der Waals surface area contributed by atoms with Crippen molar-refractivity contribution in [3.63, 3.8) is 0 Å². The average Bonchev–Trinajstić information content (AvgIpc) is 3.52. The summed E-state index contributed by atoms with van der Waals surface area (Å²) in [5, 5.41) is 12.7. The van der Waals surface area contributed by atoms with Crippen LogP contribution in [0.2, 0.25) is 0 Å². The number of thiophene rings is 1. The van der Waals surface area contributed by atoms with Crippen molar-refractivity contribution in [3.8, 4) is 16.5 Å². The standard InChI is InChI=1S/C36H24N4S/c1-36(2)31-19-26(15-16-30(31)35-32(36)20-28(41-35)18-25(21-37)38-3)40(27-17-24-10-5-7-13-33(24)39-22-27)34-14-8-11-23-9-4-6-12-29(23)34/h4-20,22H,1-2H3/b25-18-. The number of benzene rings is 4. The van der Waals surface area contributed by atoms with Gasteiger partial charge in [0.2, 0.25) is 0 Å². The molecule has 0 unspecified atom stereocenters. The quantitative estimate of drug-likeness (QED) is 0.164. The predicted molar refractivity (Wildman–Crippen MR) is 170 cm³/mol. The van der Waals surface area contributed by atoms with E-state index >= 15 is 0 Å². The minimum atomic E-state index is -0.236. The number of pyridine rings is 1. The van der Waals surface area contributed by atoms with Gasteiger partial charge in [0.15, 0.2) is 0 Å². The molecule has 0 aliphatic heterocycles. The molecule has 4 nitrogen and oxygen atoms in total. The van der Waals surface area contributed by atoms with E-state index in [1.807, 2.05) is 30.5 Å². The van der Waals surface area contributed by atoms with Crippen LogP contribution in [0, 0.1) is 17.9 Å². The number of hydrogen-bond acceptors (Lipinski definition) is 4. The fourth-order valence-electron chi connectivity index (χ4n) is 5.91. The van der Waals surface area contributed by atoms with Gasteiger partial charge in [0.25, 0.3) is 5.70 Å². The molecule has 0 N–H and O–H groups in total. The van der Waals surface area contributed by atoms with Crippen LogP contribution in [0.15, 0.2) is 109 Å². The molecular weight excluding hydrogens is 520 g/mol. The van der Waals surface area contributed by atoms with Crippen LogP contribution in [0.3, 0.4) is 0 Å². The van der Waals surface area contributed by atoms with Gasteiger partial charge in [-0.3, -0.25) is 4.98 Å². The van der Waals surface area contributed by atoms with Gasteiger partial charge in [0.1, 0.15) is 0 Å². The lowest BCUT2D eigenvalue weighted by atomic mass is 9.82. The number of aromatic nitrogens is 1. The Bertz CT molecular complexity index is 2100. The highest BCUT2D eigenvalue weighted by molar-refractivity contribution is 7.16. The van der Waals surface area contributed by atoms with Crippen LogP contribution in [0.25, 0.3) is 43.0 Å². The number of hydrogen-bond donors (Lipinski definition) is 0. The monoisotopic (exact) mass is 544 g/mol. The summed E-state index contributed by atoms with van der Waals surface area (Å²) >= 11 is 1.64. The van der Waals surface area contributed by atoms with E-state index in [4.69, 9.17) is 11.6 Å². The summed E-state index contributed by atoms with van der Waals surface area (Å²) < 4.78 is 0. The molecule has 2 aromatic heterocycles. The third kappa shape index (κ3) is 3.99. The van der Waals surface area contributed by atoms with Crippen LogP contribution in [0.4, 0.5) is 17.1 Å². The van der Waals surface area contributed by atoms with Gasteiger partial charge >= 0.3 is 0 Å². The fraction of sp³-hybridized carbons (Fsp3) is 0.0833. The first kappa shape index (κ1) is 24.8. The molecule has 194 valence electrons. The van der Waals surface area contributed by atoms with E-state index < -0.39 is 0 Å². The maximum absolute atomic E-state index is 9.25. The second-order valence-corrected chi connectivity index (χ2v) is 11.8. The Morgan fingerprint density at radius 2 is 1.68 bits per heavy atom. The van der Waals surface area contributed by atoms with E-state index in [0.29, 0.717) is 0 Å². The Labute approximate surface area is 242 Å². The molecule has 4 aromatic carbocycles. The lowest BCUT2D eigenvalue weighted by Gasteiger charge is -2.29. The topological polar surface area (TPSA) is 44.3 Å². The number of para-hydroxylation sites is 1. The maximum atomic E-state index is 9.25. The smallest absolute Gasteiger partial charge is 0.263 e. The summed E-state index contributed by atoms with van der Waals surface area (Å²) in [5.41, 5.74) is 7.70. The molecule has 2 heterocycles. The van der Waals surface area contributed by atoms with Crippen LogP contribution < -0.4 is 4.90 Å². The van der Waals surface area contributed by atoms with Crippen molar-refractivity contribution in [2.75, 3.05) is 4.90 Å². The van der Waals surface area contributed by atoms with E-state index in [0.717, 1.165) is 32.8 Å². The molecule has 41 heavy (non-hydrogen) atoms. The van der Waals surface area contributed by atoms with Gasteiger partial charge in [-0.1, -0.05) is 74.5 Å². The summed E-state index contributed by atoms with van der Waals surface area (Å²) in [5.74, 6) is 0. The van der Waals surface area contributed by atoms with Gasteiger partial charge < -0.3 is 4.90 Å². The number of anilines is 3. The van der Waals surface area contributed by atoms with Crippen LogP contribution in [-0.2, 0) is 5.41 Å². The molecule has 0 atom stereocenters. The van der Waals surface area contributed by atoms with Crippen molar-refractivity contribution < 1.29 is 0 Å². The second-order valence-electron chi connectivity index (χ2n) is 10.7. The van der Waals surface area contributed by atoms with Gasteiger partial charge in [-0.2, -0.15) is 0 Å². The molecule has 5 heteroatoms. The van der Waals surface area contributed by atoms with Crippen molar-refractivity contribution in [2.24, 2.45) is 0 Å². The molecule has 0 fully saturated rings. The Hall–Kier alpha value is -5.23. The summed E-state index contributed by atoms with van der Waals surface area (Å²) in [4.78, 5) is 12.6. The summed E-state index contributed by atoms with van der Waals surface area (Å²) in [6.07, 6.45) is 3.65. The number of nitrogens with zero attached hydrogens (tertiary/aromatic N) is 4. The first-order chi connectivity index (χ1) is 20.0. The molecule has 0 saturated carbocycles. The molecule has 7 rings (SSSR count). The highest BCUT2D eigenvalue weighted by atomic mass is 32.1. The molecule has 0 spiro atoms. The van der Waals surface area contributed by atoms with Gasteiger partial charge in [0, 0.05) is 31.6 Å². The van der Waals surface area contributed by atoms with E-state index in [1.165, 1.54) is 32.3 Å². The van der Waals surface area contributed by atoms with Crippen LogP contribution in [0.5, 0.6) is 0 Å². The predicted octanol–water partition coefficient (Wildman–Crippen LogP) is 10.0. The maximum Gasteiger partial charge on any atom is 0.263 e. The normalized spacial score (nSPS) is 13.4. The Morgan fingerprint density at radius 1 is 0.902 bits per heavy atom. The van der Waals surface area contributed by atoms with Crippen molar-refractivity contribution in [2.45, 2.75) is 19.3 Å². The number of fused-ring (bicyclic) bond motifs is 5. The van der Waals surface area contributed by atoms with E-state index in [2.05, 4.69) is 102 Å². The number of nitriles is 1. The van der Waals surface area contributed by atoms with Gasteiger partial charge in [-0.05, 0) is 64.6 Å². The van der Waals surface area contributed by atoms with Crippen molar-refractivity contribution in [3.05, 3.63) is 136 Å². The Balaban J connectivity index is 1.42. The molecule has 0 saturated heterocycles. The third-order valence-corrected chi connectivity index (χ3v) is 9.07. The molecule has 6 aromatic rings. The second kappa shape index (κ2) is 9.45. The van der Waals surface area contributed by atoms with Crippen molar-refractivity contribution in [1.82, 2.24) is 4.98 Å². The van der Waals surface area contributed by atoms with E-state index in [-0.39, 0.29) is 11.1 Å². The molecule has 1 aliphatic rings. The average molecular weight is 545 g/mol. The minimum absolute atomic E-state index is 0.105. The number of rotatable bonds is 4. The Morgan fingerprint density at radius 3 is 2.51 bits per heavy atom. The van der Waals surface area contributed by atoms with Crippen molar-refractivity contribution >= 4 is 56.2 Å². The zero-order valence-corrected chi connectivity index (χ0v) is 23.4. The largest absolute Gasteiger partial charge is 0.308 e. The zero-order chi connectivity index (χ0) is 28.1. The van der Waals surface area contributed by atoms with Gasteiger partial charge in [0.05, 0.1) is 35.7 Å². The summed E-state index contributed by atoms with van der Waals surface area (Å²) in [6, 6.07) is 36.2.